The van der Waals surface area contributed by atoms with Crippen LogP contribution in [0.5, 0.6) is 0 Å². The normalized spacial score (nSPS) is 20.5. The minimum absolute atomic E-state index is 0.0921. The van der Waals surface area contributed by atoms with Crippen LogP contribution in [0, 0.1) is 5.82 Å². The second-order valence-electron chi connectivity index (χ2n) is 8.46. The standard InChI is InChI=1S/C25H28FN7/c26-19-5-1-4-18(16-19)22-7-3-13-33(22)23(27)9-10-24-29-17-21(30-24)20-6-2-8-25(31-20)32-14-11-28-12-15-32/h1-2,4-6,8-10,16-17,22,28H,3,7,11-15H2,(H2,27,29,30,31)/p+1. The Hall–Kier alpha value is -3.52. The Balaban J connectivity index is 1.33. The van der Waals surface area contributed by atoms with Gasteiger partial charge in [-0.2, -0.15) is 0 Å². The first-order valence-electron chi connectivity index (χ1n) is 11.5. The minimum atomic E-state index is -0.216. The number of amidine groups is 1. The SMILES string of the molecule is NC(/C=C\c1ncc(-c2cccc(N3CCNCC3)n2)[nH]1)=[N+]1CCCC1c1cccc(F)c1. The third-order valence-electron chi connectivity index (χ3n) is 6.28. The molecule has 4 heterocycles. The molecule has 8 heteroatoms. The van der Waals surface area contributed by atoms with Crippen molar-refractivity contribution in [3.8, 4) is 11.4 Å². The van der Waals surface area contributed by atoms with E-state index in [1.165, 1.54) is 6.07 Å². The maximum absolute atomic E-state index is 13.7. The van der Waals surface area contributed by atoms with Crippen LogP contribution in [0.2, 0.25) is 0 Å². The molecule has 1 aromatic carbocycles. The summed E-state index contributed by atoms with van der Waals surface area (Å²) < 4.78 is 15.8. The number of nitrogens with two attached hydrogens (primary N) is 1. The number of nitrogens with zero attached hydrogens (tertiary/aromatic N) is 4. The minimum Gasteiger partial charge on any atom is -0.354 e. The zero-order valence-electron chi connectivity index (χ0n) is 18.5. The van der Waals surface area contributed by atoms with E-state index in [-0.39, 0.29) is 11.9 Å². The first-order chi connectivity index (χ1) is 16.2. The van der Waals surface area contributed by atoms with Crippen LogP contribution in [0.1, 0.15) is 30.3 Å². The molecular weight excluding hydrogens is 417 g/mol. The molecule has 0 saturated carbocycles. The molecule has 3 aromatic rings. The Morgan fingerprint density at radius 1 is 1.18 bits per heavy atom. The van der Waals surface area contributed by atoms with E-state index < -0.39 is 0 Å². The summed E-state index contributed by atoms with van der Waals surface area (Å²) in [5.74, 6) is 2.13. The van der Waals surface area contributed by atoms with Gasteiger partial charge >= 0.3 is 0 Å². The van der Waals surface area contributed by atoms with Gasteiger partial charge in [-0.25, -0.2) is 14.4 Å². The van der Waals surface area contributed by atoms with Gasteiger partial charge in [0.25, 0.3) is 5.84 Å². The molecule has 1 unspecified atom stereocenters. The van der Waals surface area contributed by atoms with Gasteiger partial charge in [0.15, 0.2) is 0 Å². The maximum Gasteiger partial charge on any atom is 0.268 e. The van der Waals surface area contributed by atoms with Crippen LogP contribution < -0.4 is 16.0 Å². The van der Waals surface area contributed by atoms with Crippen LogP contribution in [0.25, 0.3) is 17.5 Å². The summed E-state index contributed by atoms with van der Waals surface area (Å²) >= 11 is 0. The van der Waals surface area contributed by atoms with Gasteiger partial charge in [0, 0.05) is 32.3 Å². The highest BCUT2D eigenvalue weighted by molar-refractivity contribution is 5.91. The molecule has 2 saturated heterocycles. The van der Waals surface area contributed by atoms with Crippen LogP contribution in [0.15, 0.2) is 54.7 Å². The van der Waals surface area contributed by atoms with Crippen molar-refractivity contribution in [3.63, 3.8) is 0 Å². The number of rotatable bonds is 5. The second kappa shape index (κ2) is 9.54. The number of pyridine rings is 1. The molecule has 0 radical (unpaired) electrons. The molecule has 2 aromatic heterocycles. The van der Waals surface area contributed by atoms with Gasteiger partial charge in [-0.15, -0.1) is 0 Å². The molecule has 4 N–H and O–H groups in total. The van der Waals surface area contributed by atoms with Gasteiger partial charge in [0.05, 0.1) is 24.1 Å². The molecule has 0 bridgehead atoms. The summed E-state index contributed by atoms with van der Waals surface area (Å²) in [5.41, 5.74) is 9.10. The average molecular weight is 447 g/mol. The van der Waals surface area contributed by atoms with Crippen molar-refractivity contribution in [1.82, 2.24) is 20.3 Å². The summed E-state index contributed by atoms with van der Waals surface area (Å²) in [7, 11) is 0. The van der Waals surface area contributed by atoms with E-state index in [2.05, 4.69) is 24.8 Å². The third-order valence-corrected chi connectivity index (χ3v) is 6.28. The van der Waals surface area contributed by atoms with E-state index in [9.17, 15) is 4.39 Å². The largest absolute Gasteiger partial charge is 0.354 e. The van der Waals surface area contributed by atoms with Crippen molar-refractivity contribution in [2.24, 2.45) is 5.73 Å². The highest BCUT2D eigenvalue weighted by Crippen LogP contribution is 2.29. The van der Waals surface area contributed by atoms with E-state index >= 15 is 0 Å². The highest BCUT2D eigenvalue weighted by atomic mass is 19.1. The molecule has 2 aliphatic heterocycles. The summed E-state index contributed by atoms with van der Waals surface area (Å²) in [5, 5.41) is 3.37. The third kappa shape index (κ3) is 4.80. The number of aromatic amines is 1. The zero-order valence-corrected chi connectivity index (χ0v) is 18.5. The number of hydrogen-bond donors (Lipinski definition) is 3. The lowest BCUT2D eigenvalue weighted by Gasteiger charge is -2.28. The van der Waals surface area contributed by atoms with Crippen molar-refractivity contribution < 1.29 is 8.97 Å². The fourth-order valence-electron chi connectivity index (χ4n) is 4.59. The van der Waals surface area contributed by atoms with Gasteiger partial charge in [-0.3, -0.25) is 10.3 Å². The zero-order chi connectivity index (χ0) is 22.6. The average Bonchev–Trinajstić information content (AvgIpc) is 3.53. The molecule has 0 amide bonds. The number of benzene rings is 1. The van der Waals surface area contributed by atoms with Crippen LogP contribution >= 0.6 is 0 Å². The number of halogens is 1. The van der Waals surface area contributed by atoms with E-state index in [0.29, 0.717) is 11.7 Å². The van der Waals surface area contributed by atoms with Gasteiger partial charge in [0.2, 0.25) is 0 Å². The number of H-pyrrole nitrogens is 1. The van der Waals surface area contributed by atoms with Gasteiger partial charge in [0.1, 0.15) is 23.5 Å². The Labute approximate surface area is 192 Å². The first-order valence-corrected chi connectivity index (χ1v) is 11.5. The van der Waals surface area contributed by atoms with Crippen LogP contribution in [-0.4, -0.2) is 58.1 Å². The number of aromatic nitrogens is 3. The Morgan fingerprint density at radius 2 is 2.03 bits per heavy atom. The summed E-state index contributed by atoms with van der Waals surface area (Å²) in [6, 6.07) is 12.9. The predicted molar refractivity (Wildman–Crippen MR) is 129 cm³/mol. The molecule has 33 heavy (non-hydrogen) atoms. The monoisotopic (exact) mass is 446 g/mol. The van der Waals surface area contributed by atoms with E-state index in [4.69, 9.17) is 10.7 Å². The van der Waals surface area contributed by atoms with Crippen molar-refractivity contribution >= 4 is 17.7 Å². The molecule has 0 spiro atoms. The summed E-state index contributed by atoms with van der Waals surface area (Å²) in [6.45, 7) is 4.70. The van der Waals surface area contributed by atoms with Crippen LogP contribution in [0.4, 0.5) is 10.2 Å². The number of piperazine rings is 1. The van der Waals surface area contributed by atoms with Gasteiger partial charge < -0.3 is 15.2 Å². The second-order valence-corrected chi connectivity index (χ2v) is 8.46. The quantitative estimate of drug-likeness (QED) is 0.415. The Bertz CT molecular complexity index is 1180. The van der Waals surface area contributed by atoms with Crippen molar-refractivity contribution in [2.75, 3.05) is 37.6 Å². The van der Waals surface area contributed by atoms with Gasteiger partial charge in [-0.1, -0.05) is 18.2 Å². The Morgan fingerprint density at radius 3 is 2.88 bits per heavy atom. The molecule has 2 aliphatic rings. The van der Waals surface area contributed by atoms with E-state index in [1.807, 2.05) is 36.4 Å². The smallest absolute Gasteiger partial charge is 0.268 e. The summed E-state index contributed by atoms with van der Waals surface area (Å²) in [4.78, 5) is 14.9. The van der Waals surface area contributed by atoms with E-state index in [1.54, 1.807) is 18.3 Å². The topological polar surface area (TPSA) is 85.9 Å². The molecule has 170 valence electrons. The van der Waals surface area contributed by atoms with Gasteiger partial charge in [-0.05, 0) is 48.7 Å². The Kier molecular flexibility index (Phi) is 6.17. The molecule has 5 rings (SSSR count). The van der Waals surface area contributed by atoms with Crippen LogP contribution in [-0.2, 0) is 0 Å². The lowest BCUT2D eigenvalue weighted by Crippen LogP contribution is -2.43. The predicted octanol–water partition coefficient (Wildman–Crippen LogP) is 2.94. The molecule has 2 fully saturated rings. The number of anilines is 1. The summed E-state index contributed by atoms with van der Waals surface area (Å²) in [6.07, 6.45) is 7.52. The number of hydrogen-bond acceptors (Lipinski definition) is 4. The lowest BCUT2D eigenvalue weighted by molar-refractivity contribution is -0.550. The number of nitrogens with one attached hydrogen (secondary N) is 2. The molecule has 7 nitrogen and oxygen atoms in total. The molecule has 1 atom stereocenters. The fourth-order valence-corrected chi connectivity index (χ4v) is 4.59. The highest BCUT2D eigenvalue weighted by Gasteiger charge is 2.27. The number of imidazole rings is 1. The van der Waals surface area contributed by atoms with Crippen molar-refractivity contribution in [3.05, 3.63) is 71.9 Å². The fraction of sp³-hybridized carbons (Fsp3) is 0.320. The van der Waals surface area contributed by atoms with Crippen LogP contribution in [0.3, 0.4) is 0 Å². The van der Waals surface area contributed by atoms with E-state index in [0.717, 1.165) is 68.3 Å². The van der Waals surface area contributed by atoms with Crippen molar-refractivity contribution in [2.45, 2.75) is 18.9 Å². The lowest BCUT2D eigenvalue weighted by atomic mass is 10.1. The molecular formula is C25H29FN7+. The van der Waals surface area contributed by atoms with Crippen molar-refractivity contribution in [1.29, 1.82) is 0 Å². The molecule has 0 aliphatic carbocycles. The first kappa shape index (κ1) is 21.3. The maximum atomic E-state index is 13.7.